The molecule has 0 saturated carbocycles. The summed E-state index contributed by atoms with van der Waals surface area (Å²) in [7, 11) is 0. The Kier molecular flexibility index (Phi) is 8.75. The van der Waals surface area contributed by atoms with E-state index in [1.54, 1.807) is 0 Å². The van der Waals surface area contributed by atoms with Crippen LogP contribution in [0.1, 0.15) is 0 Å². The molecular formula is C62H39NOS. The molecule has 0 amide bonds. The van der Waals surface area contributed by atoms with Crippen LogP contribution >= 0.6 is 11.3 Å². The molecule has 13 rings (SSSR count). The van der Waals surface area contributed by atoms with Gasteiger partial charge in [0.25, 0.3) is 0 Å². The molecule has 3 heteroatoms. The number of anilines is 3. The summed E-state index contributed by atoms with van der Waals surface area (Å²) in [5, 5.41) is 9.66. The smallest absolute Gasteiger partial charge is 0.145 e. The lowest BCUT2D eigenvalue weighted by atomic mass is 9.96. The number of nitrogens with zero attached hydrogens (tertiary/aromatic N) is 1. The van der Waals surface area contributed by atoms with E-state index in [1.165, 1.54) is 64.0 Å². The van der Waals surface area contributed by atoms with E-state index in [2.05, 4.69) is 241 Å². The van der Waals surface area contributed by atoms with Crippen LogP contribution in [0, 0.1) is 0 Å². The average Bonchev–Trinajstić information content (AvgIpc) is 3.96. The first kappa shape index (κ1) is 37.3. The van der Waals surface area contributed by atoms with Gasteiger partial charge in [-0.05, 0) is 121 Å². The third-order valence-electron chi connectivity index (χ3n) is 13.1. The highest BCUT2D eigenvalue weighted by Crippen LogP contribution is 2.50. The van der Waals surface area contributed by atoms with Gasteiger partial charge in [0.1, 0.15) is 11.2 Å². The number of hydrogen-bond donors (Lipinski definition) is 0. The predicted molar refractivity (Wildman–Crippen MR) is 278 cm³/mol. The zero-order valence-corrected chi connectivity index (χ0v) is 36.1. The SMILES string of the molecule is c1ccc(-c2ccc3c(c2)oc2c(-c4ccccc4)ccc(N(c4ccc(-c5ccc6ccc7ccccc7c6c5)cc4)c4cccc5sc6cc(-c7ccccc7)ccc6c45)c23)cc1. The molecule has 0 saturated heterocycles. The first-order chi connectivity index (χ1) is 32.2. The van der Waals surface area contributed by atoms with Crippen molar-refractivity contribution in [1.82, 2.24) is 0 Å². The van der Waals surface area contributed by atoms with Gasteiger partial charge < -0.3 is 9.32 Å². The summed E-state index contributed by atoms with van der Waals surface area (Å²) < 4.78 is 9.59. The molecule has 0 fully saturated rings. The van der Waals surface area contributed by atoms with Crippen LogP contribution in [0.25, 0.3) is 108 Å². The van der Waals surface area contributed by atoms with Crippen LogP contribution in [0.2, 0.25) is 0 Å². The summed E-state index contributed by atoms with van der Waals surface area (Å²) in [6, 6.07) is 85.9. The molecule has 0 aliphatic rings. The molecular weight excluding hydrogens is 807 g/mol. The lowest BCUT2D eigenvalue weighted by Gasteiger charge is -2.28. The average molecular weight is 846 g/mol. The highest BCUT2D eigenvalue weighted by molar-refractivity contribution is 7.26. The first-order valence-corrected chi connectivity index (χ1v) is 23.0. The van der Waals surface area contributed by atoms with E-state index in [-0.39, 0.29) is 0 Å². The normalized spacial score (nSPS) is 11.7. The quantitative estimate of drug-likeness (QED) is 0.149. The molecule has 304 valence electrons. The van der Waals surface area contributed by atoms with Crippen molar-refractivity contribution in [2.24, 2.45) is 0 Å². The summed E-state index contributed by atoms with van der Waals surface area (Å²) in [5.74, 6) is 0. The van der Waals surface area contributed by atoms with E-state index < -0.39 is 0 Å². The van der Waals surface area contributed by atoms with Crippen molar-refractivity contribution in [3.8, 4) is 44.5 Å². The van der Waals surface area contributed by atoms with Gasteiger partial charge in [0.15, 0.2) is 0 Å². The van der Waals surface area contributed by atoms with Crippen molar-refractivity contribution in [3.05, 3.63) is 237 Å². The highest BCUT2D eigenvalue weighted by Gasteiger charge is 2.25. The standard InChI is InChI=1S/C62H39NOS/c1-4-13-40(14-5-1)47-29-33-52-57(38-47)64-62-51(43-17-8-3-9-18-43)35-36-56(61(52)62)63(55-21-12-22-58-60(55)53-34-30-48(39-59(53)65-58)41-15-6-2-7-16-41)49-31-27-42(28-32-49)46-26-25-45-24-23-44-19-10-11-20-50(44)54(45)37-46/h1-39H. The first-order valence-electron chi connectivity index (χ1n) is 22.1. The van der Waals surface area contributed by atoms with Gasteiger partial charge in [-0.3, -0.25) is 0 Å². The number of benzene rings is 11. The highest BCUT2D eigenvalue weighted by atomic mass is 32.1. The largest absolute Gasteiger partial charge is 0.455 e. The Morgan fingerprint density at radius 2 is 0.892 bits per heavy atom. The molecule has 0 aliphatic heterocycles. The van der Waals surface area contributed by atoms with E-state index in [4.69, 9.17) is 4.42 Å². The molecule has 2 aromatic heterocycles. The maximum Gasteiger partial charge on any atom is 0.145 e. The van der Waals surface area contributed by atoms with Crippen molar-refractivity contribution < 1.29 is 4.42 Å². The summed E-state index contributed by atoms with van der Waals surface area (Å²) >= 11 is 1.86. The zero-order chi connectivity index (χ0) is 42.8. The van der Waals surface area contributed by atoms with E-state index in [9.17, 15) is 0 Å². The van der Waals surface area contributed by atoms with Crippen LogP contribution in [0.3, 0.4) is 0 Å². The van der Waals surface area contributed by atoms with Gasteiger partial charge in [-0.2, -0.15) is 0 Å². The third-order valence-corrected chi connectivity index (χ3v) is 14.2. The van der Waals surface area contributed by atoms with Crippen LogP contribution in [0.5, 0.6) is 0 Å². The van der Waals surface area contributed by atoms with Gasteiger partial charge >= 0.3 is 0 Å². The minimum atomic E-state index is 0.859. The fourth-order valence-electron chi connectivity index (χ4n) is 9.90. The molecule has 11 aromatic carbocycles. The lowest BCUT2D eigenvalue weighted by Crippen LogP contribution is -2.11. The molecule has 0 N–H and O–H groups in total. The molecule has 0 bridgehead atoms. The Balaban J connectivity index is 1.05. The molecule has 65 heavy (non-hydrogen) atoms. The van der Waals surface area contributed by atoms with Crippen molar-refractivity contribution in [3.63, 3.8) is 0 Å². The Hall–Kier alpha value is -8.24. The molecule has 2 nitrogen and oxygen atoms in total. The minimum Gasteiger partial charge on any atom is -0.455 e. The van der Waals surface area contributed by atoms with Gasteiger partial charge in [0, 0.05) is 36.8 Å². The van der Waals surface area contributed by atoms with Gasteiger partial charge in [0.2, 0.25) is 0 Å². The van der Waals surface area contributed by atoms with Crippen molar-refractivity contribution in [2.75, 3.05) is 4.90 Å². The van der Waals surface area contributed by atoms with Gasteiger partial charge in [-0.15, -0.1) is 11.3 Å². The third kappa shape index (κ3) is 6.31. The molecule has 2 heterocycles. The zero-order valence-electron chi connectivity index (χ0n) is 35.3. The molecule has 0 spiro atoms. The second-order valence-electron chi connectivity index (χ2n) is 16.8. The maximum atomic E-state index is 7.08. The van der Waals surface area contributed by atoms with Crippen LogP contribution in [0.15, 0.2) is 241 Å². The van der Waals surface area contributed by atoms with Crippen molar-refractivity contribution >= 4 is 92.1 Å². The molecule has 0 radical (unpaired) electrons. The number of furan rings is 1. The van der Waals surface area contributed by atoms with Crippen molar-refractivity contribution in [2.45, 2.75) is 0 Å². The van der Waals surface area contributed by atoms with Crippen molar-refractivity contribution in [1.29, 1.82) is 0 Å². The number of fused-ring (bicyclic) bond motifs is 9. The summed E-state index contributed by atoms with van der Waals surface area (Å²) in [4.78, 5) is 2.47. The van der Waals surface area contributed by atoms with E-state index >= 15 is 0 Å². The Morgan fingerprint density at radius 3 is 1.65 bits per heavy atom. The Labute approximate surface area is 380 Å². The predicted octanol–water partition coefficient (Wildman–Crippen LogP) is 18.4. The topological polar surface area (TPSA) is 16.4 Å². The van der Waals surface area contributed by atoms with E-state index in [1.807, 2.05) is 11.3 Å². The van der Waals surface area contributed by atoms with Gasteiger partial charge in [0.05, 0.1) is 16.8 Å². The number of hydrogen-bond acceptors (Lipinski definition) is 3. The number of thiophene rings is 1. The maximum absolute atomic E-state index is 7.08. The second kappa shape index (κ2) is 15.2. The minimum absolute atomic E-state index is 0.859. The van der Waals surface area contributed by atoms with E-state index in [0.29, 0.717) is 0 Å². The Morgan fingerprint density at radius 1 is 0.323 bits per heavy atom. The summed E-state index contributed by atoms with van der Waals surface area (Å²) in [6.07, 6.45) is 0. The molecule has 0 unspecified atom stereocenters. The fraction of sp³-hybridized carbons (Fsp3) is 0. The molecule has 13 aromatic rings. The van der Waals surface area contributed by atoms with Crippen LogP contribution in [-0.4, -0.2) is 0 Å². The van der Waals surface area contributed by atoms with Gasteiger partial charge in [-0.1, -0.05) is 176 Å². The van der Waals surface area contributed by atoms with E-state index in [0.717, 1.165) is 61.3 Å². The number of rotatable bonds is 7. The fourth-order valence-corrected chi connectivity index (χ4v) is 11.1. The van der Waals surface area contributed by atoms with Crippen LogP contribution in [0.4, 0.5) is 17.1 Å². The summed E-state index contributed by atoms with van der Waals surface area (Å²) in [6.45, 7) is 0. The van der Waals surface area contributed by atoms with Crippen LogP contribution in [-0.2, 0) is 0 Å². The molecule has 0 aliphatic carbocycles. The molecule has 0 atom stereocenters. The lowest BCUT2D eigenvalue weighted by molar-refractivity contribution is 0.670. The van der Waals surface area contributed by atoms with Gasteiger partial charge in [-0.25, -0.2) is 0 Å². The second-order valence-corrected chi connectivity index (χ2v) is 17.9. The monoisotopic (exact) mass is 845 g/mol. The summed E-state index contributed by atoms with van der Waals surface area (Å²) in [5.41, 5.74) is 14.2. The van der Waals surface area contributed by atoms with Crippen LogP contribution < -0.4 is 4.90 Å². The Bertz CT molecular complexity index is 3920.